The Morgan fingerprint density at radius 1 is 0.950 bits per heavy atom. The van der Waals surface area contributed by atoms with Crippen LogP contribution >= 0.6 is 0 Å². The van der Waals surface area contributed by atoms with E-state index in [9.17, 15) is 9.50 Å². The van der Waals surface area contributed by atoms with Crippen LogP contribution in [-0.2, 0) is 12.8 Å². The minimum absolute atomic E-state index is 0.114. The fourth-order valence-electron chi connectivity index (χ4n) is 2.25. The normalized spacial score (nSPS) is 12.2. The van der Waals surface area contributed by atoms with Crippen LogP contribution in [0.4, 0.5) is 4.39 Å². The molecule has 0 spiro atoms. The SMILES string of the molecule is COc1ccc(CC(CO)Cc2ccc(F)cc2)cc1. The first-order valence-electron chi connectivity index (χ1n) is 6.69. The summed E-state index contributed by atoms with van der Waals surface area (Å²) in [5.74, 6) is 0.728. The van der Waals surface area contributed by atoms with Crippen molar-refractivity contribution in [2.24, 2.45) is 5.92 Å². The molecule has 2 aromatic rings. The van der Waals surface area contributed by atoms with E-state index in [1.54, 1.807) is 19.2 Å². The first kappa shape index (κ1) is 14.5. The lowest BCUT2D eigenvalue weighted by atomic mass is 9.93. The van der Waals surface area contributed by atoms with Crippen LogP contribution in [-0.4, -0.2) is 18.8 Å². The summed E-state index contributed by atoms with van der Waals surface area (Å²) >= 11 is 0. The monoisotopic (exact) mass is 274 g/mol. The zero-order chi connectivity index (χ0) is 14.4. The number of ether oxygens (including phenoxy) is 1. The highest BCUT2D eigenvalue weighted by Gasteiger charge is 2.10. The van der Waals surface area contributed by atoms with Crippen LogP contribution in [0.2, 0.25) is 0 Å². The Labute approximate surface area is 118 Å². The van der Waals surface area contributed by atoms with E-state index >= 15 is 0 Å². The molecule has 0 saturated heterocycles. The summed E-state index contributed by atoms with van der Waals surface area (Å²) in [6.07, 6.45) is 1.53. The molecular weight excluding hydrogens is 255 g/mol. The number of benzene rings is 2. The van der Waals surface area contributed by atoms with Gasteiger partial charge in [0.1, 0.15) is 11.6 Å². The van der Waals surface area contributed by atoms with E-state index in [0.717, 1.165) is 29.7 Å². The second-order valence-electron chi connectivity index (χ2n) is 4.93. The molecule has 1 N–H and O–H groups in total. The molecule has 20 heavy (non-hydrogen) atoms. The first-order chi connectivity index (χ1) is 9.71. The van der Waals surface area contributed by atoms with Gasteiger partial charge in [0.15, 0.2) is 0 Å². The Kier molecular flexibility index (Phi) is 5.13. The van der Waals surface area contributed by atoms with Gasteiger partial charge in [0.25, 0.3) is 0 Å². The Morgan fingerprint density at radius 3 is 1.90 bits per heavy atom. The van der Waals surface area contributed by atoms with Gasteiger partial charge in [-0.05, 0) is 54.2 Å². The van der Waals surface area contributed by atoms with Crippen molar-refractivity contribution in [3.05, 3.63) is 65.5 Å². The van der Waals surface area contributed by atoms with Gasteiger partial charge in [-0.2, -0.15) is 0 Å². The largest absolute Gasteiger partial charge is 0.497 e. The van der Waals surface area contributed by atoms with Crippen molar-refractivity contribution in [3.8, 4) is 5.75 Å². The molecule has 2 aromatic carbocycles. The fourth-order valence-corrected chi connectivity index (χ4v) is 2.25. The van der Waals surface area contributed by atoms with E-state index in [0.29, 0.717) is 0 Å². The molecule has 2 nitrogen and oxygen atoms in total. The maximum atomic E-state index is 12.9. The summed E-state index contributed by atoms with van der Waals surface area (Å²) in [4.78, 5) is 0. The molecule has 0 aliphatic heterocycles. The lowest BCUT2D eigenvalue weighted by molar-refractivity contribution is 0.225. The third-order valence-corrected chi connectivity index (χ3v) is 3.38. The highest BCUT2D eigenvalue weighted by molar-refractivity contribution is 5.27. The Balaban J connectivity index is 1.99. The summed E-state index contributed by atoms with van der Waals surface area (Å²) in [6.45, 7) is 0.114. The van der Waals surface area contributed by atoms with Crippen LogP contribution < -0.4 is 4.74 Å². The number of rotatable bonds is 6. The quantitative estimate of drug-likeness (QED) is 0.876. The topological polar surface area (TPSA) is 29.5 Å². The maximum Gasteiger partial charge on any atom is 0.123 e. The summed E-state index contributed by atoms with van der Waals surface area (Å²) in [7, 11) is 1.64. The summed E-state index contributed by atoms with van der Waals surface area (Å²) in [5, 5.41) is 9.51. The molecule has 0 heterocycles. The third kappa shape index (κ3) is 4.07. The van der Waals surface area contributed by atoms with Gasteiger partial charge >= 0.3 is 0 Å². The van der Waals surface area contributed by atoms with E-state index < -0.39 is 0 Å². The van der Waals surface area contributed by atoms with Gasteiger partial charge in [-0.1, -0.05) is 24.3 Å². The Hall–Kier alpha value is -1.87. The molecule has 0 aliphatic carbocycles. The third-order valence-electron chi connectivity index (χ3n) is 3.38. The molecule has 2 rings (SSSR count). The molecule has 0 saturated carbocycles. The molecule has 0 aromatic heterocycles. The van der Waals surface area contributed by atoms with Gasteiger partial charge in [0.2, 0.25) is 0 Å². The summed E-state index contributed by atoms with van der Waals surface area (Å²) in [5.41, 5.74) is 2.20. The minimum Gasteiger partial charge on any atom is -0.497 e. The zero-order valence-corrected chi connectivity index (χ0v) is 11.6. The number of aliphatic hydroxyl groups excluding tert-OH is 1. The van der Waals surface area contributed by atoms with E-state index in [4.69, 9.17) is 4.74 Å². The predicted octanol–water partition coefficient (Wildman–Crippen LogP) is 3.23. The molecule has 0 amide bonds. The Morgan fingerprint density at radius 2 is 1.45 bits per heavy atom. The smallest absolute Gasteiger partial charge is 0.123 e. The van der Waals surface area contributed by atoms with Crippen molar-refractivity contribution in [2.75, 3.05) is 13.7 Å². The van der Waals surface area contributed by atoms with E-state index in [2.05, 4.69) is 0 Å². The van der Waals surface area contributed by atoms with Crippen molar-refractivity contribution in [1.29, 1.82) is 0 Å². The van der Waals surface area contributed by atoms with Gasteiger partial charge in [0.05, 0.1) is 7.11 Å². The average Bonchev–Trinajstić information content (AvgIpc) is 2.49. The molecule has 0 bridgehead atoms. The summed E-state index contributed by atoms with van der Waals surface area (Å²) in [6, 6.07) is 14.3. The zero-order valence-electron chi connectivity index (χ0n) is 11.6. The number of halogens is 1. The molecule has 0 aliphatic rings. The van der Waals surface area contributed by atoms with Crippen LogP contribution in [0.25, 0.3) is 0 Å². The molecule has 106 valence electrons. The molecule has 1 atom stereocenters. The van der Waals surface area contributed by atoms with Gasteiger partial charge in [0, 0.05) is 6.61 Å². The first-order valence-corrected chi connectivity index (χ1v) is 6.69. The average molecular weight is 274 g/mol. The number of hydrogen-bond donors (Lipinski definition) is 1. The minimum atomic E-state index is -0.232. The maximum absolute atomic E-state index is 12.9. The van der Waals surface area contributed by atoms with Crippen molar-refractivity contribution in [2.45, 2.75) is 12.8 Å². The van der Waals surface area contributed by atoms with Crippen LogP contribution in [0.5, 0.6) is 5.75 Å². The van der Waals surface area contributed by atoms with Crippen LogP contribution in [0, 0.1) is 11.7 Å². The van der Waals surface area contributed by atoms with Gasteiger partial charge in [-0.25, -0.2) is 4.39 Å². The van der Waals surface area contributed by atoms with Gasteiger partial charge in [-0.15, -0.1) is 0 Å². The predicted molar refractivity (Wildman–Crippen MR) is 77.4 cm³/mol. The molecular formula is C17H19FO2. The van der Waals surface area contributed by atoms with Crippen LogP contribution in [0.15, 0.2) is 48.5 Å². The van der Waals surface area contributed by atoms with Crippen LogP contribution in [0.3, 0.4) is 0 Å². The lowest BCUT2D eigenvalue weighted by Crippen LogP contribution is -2.13. The van der Waals surface area contributed by atoms with Gasteiger partial charge < -0.3 is 9.84 Å². The Bertz CT molecular complexity index is 520. The lowest BCUT2D eigenvalue weighted by Gasteiger charge is -2.14. The second kappa shape index (κ2) is 7.06. The van der Waals surface area contributed by atoms with E-state index in [1.807, 2.05) is 24.3 Å². The fraction of sp³-hybridized carbons (Fsp3) is 0.294. The number of hydrogen-bond acceptors (Lipinski definition) is 2. The van der Waals surface area contributed by atoms with Gasteiger partial charge in [-0.3, -0.25) is 0 Å². The molecule has 3 heteroatoms. The number of aliphatic hydroxyl groups is 1. The van der Waals surface area contributed by atoms with E-state index in [-0.39, 0.29) is 18.3 Å². The number of methoxy groups -OCH3 is 1. The van der Waals surface area contributed by atoms with Crippen molar-refractivity contribution < 1.29 is 14.2 Å². The van der Waals surface area contributed by atoms with Crippen molar-refractivity contribution in [3.63, 3.8) is 0 Å². The molecule has 0 radical (unpaired) electrons. The van der Waals surface area contributed by atoms with Crippen molar-refractivity contribution in [1.82, 2.24) is 0 Å². The second-order valence-corrected chi connectivity index (χ2v) is 4.93. The van der Waals surface area contributed by atoms with E-state index in [1.165, 1.54) is 12.1 Å². The molecule has 1 unspecified atom stereocenters. The highest BCUT2D eigenvalue weighted by Crippen LogP contribution is 2.17. The standard InChI is InChI=1S/C17H19FO2/c1-20-17-8-4-14(5-9-17)11-15(12-19)10-13-2-6-16(18)7-3-13/h2-9,15,19H,10-12H2,1H3. The van der Waals surface area contributed by atoms with Crippen LogP contribution in [0.1, 0.15) is 11.1 Å². The summed E-state index contributed by atoms with van der Waals surface area (Å²) < 4.78 is 18.0. The highest BCUT2D eigenvalue weighted by atomic mass is 19.1. The van der Waals surface area contributed by atoms with Crippen molar-refractivity contribution >= 4 is 0 Å². The molecule has 0 fully saturated rings.